The monoisotopic (exact) mass is 615 g/mol. The van der Waals surface area contributed by atoms with E-state index in [1.165, 1.54) is 12.3 Å². The molecule has 0 fully saturated rings. The van der Waals surface area contributed by atoms with Crippen LogP contribution in [0, 0.1) is 20.8 Å². The van der Waals surface area contributed by atoms with Crippen molar-refractivity contribution in [3.63, 3.8) is 0 Å². The molecule has 4 aromatic rings. The van der Waals surface area contributed by atoms with Crippen LogP contribution in [0.4, 0.5) is 4.79 Å². The molecular weight excluding hydrogens is 582 g/mol. The van der Waals surface area contributed by atoms with Gasteiger partial charge in [-0.25, -0.2) is 14.3 Å². The molecule has 0 aliphatic carbocycles. The highest BCUT2D eigenvalue weighted by molar-refractivity contribution is 7.92. The largest absolute Gasteiger partial charge is 0.443 e. The van der Waals surface area contributed by atoms with E-state index in [9.17, 15) is 22.8 Å². The summed E-state index contributed by atoms with van der Waals surface area (Å²) in [5, 5.41) is 2.76. The van der Waals surface area contributed by atoms with E-state index in [0.717, 1.165) is 21.4 Å². The molecular formula is C32H33N5O6S. The number of nitrogens with two attached hydrogens (primary N) is 1. The van der Waals surface area contributed by atoms with Gasteiger partial charge in [0.2, 0.25) is 5.91 Å². The van der Waals surface area contributed by atoms with E-state index < -0.39 is 27.6 Å². The van der Waals surface area contributed by atoms with Crippen molar-refractivity contribution >= 4 is 27.9 Å². The molecule has 3 aromatic carbocycles. The second-order valence-corrected chi connectivity index (χ2v) is 11.8. The van der Waals surface area contributed by atoms with Crippen LogP contribution in [0.2, 0.25) is 0 Å². The number of carbonyl (C=O) groups is 2. The highest BCUT2D eigenvalue weighted by Gasteiger charge is 2.20. The zero-order valence-corrected chi connectivity index (χ0v) is 25.4. The number of hydrogen-bond donors (Lipinski definition) is 3. The highest BCUT2D eigenvalue weighted by atomic mass is 32.2. The predicted octanol–water partition coefficient (Wildman–Crippen LogP) is 3.61. The van der Waals surface area contributed by atoms with Gasteiger partial charge in [0.1, 0.15) is 12.4 Å². The van der Waals surface area contributed by atoms with Crippen LogP contribution in [0.15, 0.2) is 99.7 Å². The Morgan fingerprint density at radius 3 is 2.32 bits per heavy atom. The number of rotatable bonds is 10. The van der Waals surface area contributed by atoms with Gasteiger partial charge < -0.3 is 15.8 Å². The zero-order valence-electron chi connectivity index (χ0n) is 24.5. The minimum atomic E-state index is -4.06. The number of sulfonamides is 1. The quantitative estimate of drug-likeness (QED) is 0.181. The van der Waals surface area contributed by atoms with Crippen LogP contribution < -0.4 is 21.4 Å². The lowest BCUT2D eigenvalue weighted by Gasteiger charge is -2.15. The lowest BCUT2D eigenvalue weighted by atomic mass is 10.1. The fraction of sp³-hybridized carbons (Fsp3) is 0.188. The summed E-state index contributed by atoms with van der Waals surface area (Å²) in [5.41, 5.74) is 9.38. The van der Waals surface area contributed by atoms with Gasteiger partial charge in [0.15, 0.2) is 0 Å². The van der Waals surface area contributed by atoms with E-state index in [1.807, 2.05) is 30.3 Å². The molecule has 0 spiro atoms. The van der Waals surface area contributed by atoms with E-state index in [1.54, 1.807) is 63.2 Å². The molecule has 1 heterocycles. The van der Waals surface area contributed by atoms with E-state index in [0.29, 0.717) is 16.7 Å². The average molecular weight is 616 g/mol. The molecule has 0 aliphatic heterocycles. The van der Waals surface area contributed by atoms with E-state index in [4.69, 9.17) is 10.5 Å². The van der Waals surface area contributed by atoms with E-state index in [-0.39, 0.29) is 35.9 Å². The van der Waals surface area contributed by atoms with Crippen molar-refractivity contribution in [2.75, 3.05) is 4.83 Å². The molecule has 0 atom stereocenters. The third-order valence-corrected chi connectivity index (χ3v) is 8.23. The molecule has 4 rings (SSSR count). The first kappa shape index (κ1) is 31.7. The number of ether oxygens (including phenoxy) is 1. The number of nitrogens with one attached hydrogen (secondary N) is 2. The fourth-order valence-electron chi connectivity index (χ4n) is 4.26. The van der Waals surface area contributed by atoms with E-state index >= 15 is 0 Å². The van der Waals surface area contributed by atoms with Crippen LogP contribution in [-0.2, 0) is 39.1 Å². The van der Waals surface area contributed by atoms with Crippen molar-refractivity contribution in [1.82, 2.24) is 9.99 Å². The van der Waals surface area contributed by atoms with Crippen LogP contribution in [0.5, 0.6) is 0 Å². The molecule has 1 aromatic heterocycles. The molecule has 0 bridgehead atoms. The van der Waals surface area contributed by atoms with Crippen molar-refractivity contribution in [3.05, 3.63) is 134 Å². The predicted molar refractivity (Wildman–Crippen MR) is 167 cm³/mol. The average Bonchev–Trinajstić information content (AvgIpc) is 3.00. The highest BCUT2D eigenvalue weighted by Crippen LogP contribution is 2.17. The maximum Gasteiger partial charge on any atom is 0.435 e. The smallest absolute Gasteiger partial charge is 0.435 e. The summed E-state index contributed by atoms with van der Waals surface area (Å²) >= 11 is 0. The lowest BCUT2D eigenvalue weighted by molar-refractivity contribution is -0.120. The van der Waals surface area contributed by atoms with Crippen LogP contribution in [0.3, 0.4) is 0 Å². The van der Waals surface area contributed by atoms with Crippen molar-refractivity contribution in [2.45, 2.75) is 45.2 Å². The SMILES string of the molecule is Cc1ccc(C)c(S(=O)(=O)Nn2ccc(C)c(CC(=O)NCc3ccc(/C(N)=N/C(=O)OCc4ccccc4)cc3)c2=O)c1. The molecule has 0 saturated carbocycles. The first-order chi connectivity index (χ1) is 20.9. The molecule has 44 heavy (non-hydrogen) atoms. The molecule has 11 nitrogen and oxygen atoms in total. The van der Waals surface area contributed by atoms with Crippen LogP contribution in [-0.4, -0.2) is 30.9 Å². The second kappa shape index (κ2) is 13.8. The maximum absolute atomic E-state index is 13.2. The van der Waals surface area contributed by atoms with Crippen molar-refractivity contribution in [1.29, 1.82) is 0 Å². The minimum absolute atomic E-state index is 0.0114. The van der Waals surface area contributed by atoms with Crippen molar-refractivity contribution in [2.24, 2.45) is 10.7 Å². The van der Waals surface area contributed by atoms with E-state index in [2.05, 4.69) is 15.1 Å². The third kappa shape index (κ3) is 8.19. The number of benzene rings is 3. The summed E-state index contributed by atoms with van der Waals surface area (Å²) in [6.07, 6.45) is 0.261. The van der Waals surface area contributed by atoms with Gasteiger partial charge in [-0.2, -0.15) is 13.4 Å². The summed E-state index contributed by atoms with van der Waals surface area (Å²) in [6.45, 7) is 5.36. The number of pyridine rings is 1. The zero-order chi connectivity index (χ0) is 31.9. The van der Waals surface area contributed by atoms with Crippen molar-refractivity contribution < 1.29 is 22.7 Å². The van der Waals surface area contributed by atoms with Crippen LogP contribution in [0.1, 0.15) is 38.9 Å². The summed E-state index contributed by atoms with van der Waals surface area (Å²) in [5.74, 6) is -0.436. The van der Waals surface area contributed by atoms with Gasteiger partial charge >= 0.3 is 6.09 Å². The van der Waals surface area contributed by atoms with Gasteiger partial charge in [0, 0.05) is 23.9 Å². The molecule has 12 heteroatoms. The topological polar surface area (TPSA) is 162 Å². The molecule has 0 radical (unpaired) electrons. The number of aromatic nitrogens is 1. The Bertz CT molecular complexity index is 1870. The normalized spacial score (nSPS) is 11.6. The molecule has 2 amide bonds. The number of carbonyl (C=O) groups excluding carboxylic acids is 2. The number of aryl methyl sites for hydroxylation is 3. The minimum Gasteiger partial charge on any atom is -0.443 e. The fourth-order valence-corrected chi connectivity index (χ4v) is 5.60. The Hall–Kier alpha value is -5.23. The first-order valence-corrected chi connectivity index (χ1v) is 15.1. The number of amidine groups is 1. The Morgan fingerprint density at radius 1 is 0.909 bits per heavy atom. The van der Waals surface area contributed by atoms with Gasteiger partial charge in [0.05, 0.1) is 11.3 Å². The Balaban J connectivity index is 1.35. The number of amides is 2. The molecule has 0 aliphatic rings. The lowest BCUT2D eigenvalue weighted by Crippen LogP contribution is -2.37. The Kier molecular flexibility index (Phi) is 9.96. The maximum atomic E-state index is 13.2. The van der Waals surface area contributed by atoms with Gasteiger partial charge in [0.25, 0.3) is 15.6 Å². The second-order valence-electron chi connectivity index (χ2n) is 10.2. The number of aliphatic imine (C=N–C) groups is 1. The van der Waals surface area contributed by atoms with Gasteiger partial charge in [-0.15, -0.1) is 0 Å². The molecule has 4 N–H and O–H groups in total. The number of nitrogens with zero attached hydrogens (tertiary/aromatic N) is 2. The standard InChI is InChI=1S/C32H33N5O6S/c1-21-9-10-23(3)28(17-21)44(41,42)36-37-16-15-22(2)27(31(37)39)18-29(38)34-19-24-11-13-26(14-12-24)30(33)35-32(40)43-20-25-7-5-4-6-8-25/h4-17,36H,18-20H2,1-3H3,(H,34,38)(H2,33,35,40). The Labute approximate surface area is 255 Å². The molecule has 0 saturated heterocycles. The van der Waals surface area contributed by atoms with Crippen LogP contribution in [0.25, 0.3) is 0 Å². The van der Waals surface area contributed by atoms with Crippen LogP contribution >= 0.6 is 0 Å². The van der Waals surface area contributed by atoms with Crippen molar-refractivity contribution in [3.8, 4) is 0 Å². The third-order valence-electron chi connectivity index (χ3n) is 6.77. The van der Waals surface area contributed by atoms with Gasteiger partial charge in [-0.1, -0.05) is 66.7 Å². The molecule has 0 unspecified atom stereocenters. The summed E-state index contributed by atoms with van der Waals surface area (Å²) in [6, 6.07) is 22.5. The summed E-state index contributed by atoms with van der Waals surface area (Å²) in [4.78, 5) is 44.1. The van der Waals surface area contributed by atoms with Gasteiger partial charge in [-0.3, -0.25) is 9.59 Å². The number of hydrogen-bond acceptors (Lipinski definition) is 6. The molecule has 228 valence electrons. The first-order valence-electron chi connectivity index (χ1n) is 13.6. The summed E-state index contributed by atoms with van der Waals surface area (Å²) in [7, 11) is -4.06. The summed E-state index contributed by atoms with van der Waals surface area (Å²) < 4.78 is 32.0. The van der Waals surface area contributed by atoms with Gasteiger partial charge in [-0.05, 0) is 60.7 Å². The Morgan fingerprint density at radius 2 is 1.61 bits per heavy atom.